The van der Waals surface area contributed by atoms with Gasteiger partial charge >= 0.3 is 0 Å². The first-order valence-corrected chi connectivity index (χ1v) is 9.12. The van der Waals surface area contributed by atoms with Gasteiger partial charge in [0.05, 0.1) is 12.3 Å². The molecule has 0 fully saturated rings. The highest BCUT2D eigenvalue weighted by Gasteiger charge is 2.23. The van der Waals surface area contributed by atoms with Gasteiger partial charge in [0.2, 0.25) is 11.1 Å². The number of thioether (sulfide) groups is 1. The van der Waals surface area contributed by atoms with Gasteiger partial charge in [0, 0.05) is 10.4 Å². The molecule has 1 aromatic carbocycles. The molecule has 0 aliphatic carbocycles. The van der Waals surface area contributed by atoms with Crippen LogP contribution in [0.5, 0.6) is 5.75 Å². The molecule has 1 aromatic heterocycles. The van der Waals surface area contributed by atoms with Crippen molar-refractivity contribution in [2.24, 2.45) is 0 Å². The Bertz CT molecular complexity index is 712. The van der Waals surface area contributed by atoms with E-state index in [-0.39, 0.29) is 17.1 Å². The first-order chi connectivity index (χ1) is 11.8. The molecule has 0 bridgehead atoms. The average molecular weight is 384 g/mol. The van der Waals surface area contributed by atoms with Crippen molar-refractivity contribution < 1.29 is 9.53 Å². The summed E-state index contributed by atoms with van der Waals surface area (Å²) in [6.07, 6.45) is 0. The number of aromatic nitrogens is 3. The quantitative estimate of drug-likeness (QED) is 0.432. The summed E-state index contributed by atoms with van der Waals surface area (Å²) in [5, 5.41) is 12.1. The Kier molecular flexibility index (Phi) is 6.55. The van der Waals surface area contributed by atoms with Crippen molar-refractivity contribution in [2.75, 3.05) is 24.7 Å². The van der Waals surface area contributed by atoms with Gasteiger partial charge in [-0.25, -0.2) is 4.68 Å². The van der Waals surface area contributed by atoms with Crippen LogP contribution in [0.25, 0.3) is 0 Å². The fourth-order valence-corrected chi connectivity index (χ4v) is 2.77. The molecular weight excluding hydrogens is 362 g/mol. The molecule has 1 amide bonds. The van der Waals surface area contributed by atoms with E-state index in [9.17, 15) is 4.79 Å². The Hall–Kier alpha value is -1.93. The molecule has 7 nitrogen and oxygen atoms in total. The maximum Gasteiger partial charge on any atom is 0.230 e. The molecular formula is C16H22ClN5O2S. The number of nitrogens with zero attached hydrogens (tertiary/aromatic N) is 3. The fraction of sp³-hybridized carbons (Fsp3) is 0.438. The van der Waals surface area contributed by atoms with Crippen LogP contribution >= 0.6 is 23.4 Å². The summed E-state index contributed by atoms with van der Waals surface area (Å²) in [7, 11) is 0. The molecule has 0 radical (unpaired) electrons. The van der Waals surface area contributed by atoms with Gasteiger partial charge < -0.3 is 15.9 Å². The van der Waals surface area contributed by atoms with E-state index in [0.29, 0.717) is 34.9 Å². The zero-order valence-corrected chi connectivity index (χ0v) is 16.0. The van der Waals surface area contributed by atoms with Crippen LogP contribution in [-0.2, 0) is 10.2 Å². The predicted molar refractivity (Wildman–Crippen MR) is 99.6 cm³/mol. The smallest absolute Gasteiger partial charge is 0.230 e. The average Bonchev–Trinajstić information content (AvgIpc) is 2.92. The molecule has 9 heteroatoms. The standard InChI is InChI=1S/C16H22ClN5O2S/c1-16(2,3)14-20-21-15(22(14)18)25-10-13(23)19-8-9-24-12-6-4-11(17)5-7-12/h4-7H,8-10,18H2,1-3H3,(H,19,23). The molecule has 25 heavy (non-hydrogen) atoms. The number of nitrogens with one attached hydrogen (secondary N) is 1. The topological polar surface area (TPSA) is 95.1 Å². The van der Waals surface area contributed by atoms with Crippen LogP contribution in [-0.4, -0.2) is 39.7 Å². The molecule has 2 aromatic rings. The van der Waals surface area contributed by atoms with Gasteiger partial charge in [-0.15, -0.1) is 10.2 Å². The summed E-state index contributed by atoms with van der Waals surface area (Å²) < 4.78 is 6.94. The normalized spacial score (nSPS) is 11.4. The van der Waals surface area contributed by atoms with Crippen LogP contribution in [0.15, 0.2) is 29.4 Å². The van der Waals surface area contributed by atoms with E-state index in [2.05, 4.69) is 15.5 Å². The van der Waals surface area contributed by atoms with Crippen LogP contribution < -0.4 is 15.9 Å². The number of carbonyl (C=O) groups excluding carboxylic acids is 1. The molecule has 0 saturated carbocycles. The third-order valence-corrected chi connectivity index (χ3v) is 4.37. The van der Waals surface area contributed by atoms with E-state index in [1.807, 2.05) is 20.8 Å². The van der Waals surface area contributed by atoms with Crippen molar-refractivity contribution in [3.05, 3.63) is 35.1 Å². The minimum absolute atomic E-state index is 0.120. The second-order valence-corrected chi connectivity index (χ2v) is 7.75. The maximum absolute atomic E-state index is 11.9. The molecule has 2 rings (SSSR count). The van der Waals surface area contributed by atoms with E-state index < -0.39 is 0 Å². The Morgan fingerprint density at radius 1 is 1.32 bits per heavy atom. The molecule has 0 atom stereocenters. The second kappa shape index (κ2) is 8.44. The van der Waals surface area contributed by atoms with Gasteiger partial charge in [-0.1, -0.05) is 44.1 Å². The molecule has 3 N–H and O–H groups in total. The van der Waals surface area contributed by atoms with Gasteiger partial charge in [-0.3, -0.25) is 4.79 Å². The summed E-state index contributed by atoms with van der Waals surface area (Å²) in [6.45, 7) is 6.79. The monoisotopic (exact) mass is 383 g/mol. The number of rotatable bonds is 7. The number of nitrogens with two attached hydrogens (primary N) is 1. The van der Waals surface area contributed by atoms with E-state index in [1.54, 1.807) is 24.3 Å². The summed E-state index contributed by atoms with van der Waals surface area (Å²) in [4.78, 5) is 11.9. The summed E-state index contributed by atoms with van der Waals surface area (Å²) >= 11 is 7.05. The predicted octanol–water partition coefficient (Wildman–Crippen LogP) is 2.23. The highest BCUT2D eigenvalue weighted by molar-refractivity contribution is 7.99. The molecule has 1 heterocycles. The fourth-order valence-electron chi connectivity index (χ4n) is 1.96. The van der Waals surface area contributed by atoms with Gasteiger partial charge in [0.15, 0.2) is 5.82 Å². The third-order valence-electron chi connectivity index (χ3n) is 3.17. The Morgan fingerprint density at radius 3 is 2.60 bits per heavy atom. The Morgan fingerprint density at radius 2 is 2.00 bits per heavy atom. The van der Waals surface area contributed by atoms with Gasteiger partial charge in [0.25, 0.3) is 0 Å². The van der Waals surface area contributed by atoms with E-state index in [1.165, 1.54) is 16.4 Å². The maximum atomic E-state index is 11.9. The third kappa shape index (κ3) is 5.82. The molecule has 0 spiro atoms. The lowest BCUT2D eigenvalue weighted by Gasteiger charge is -2.16. The van der Waals surface area contributed by atoms with Crippen LogP contribution in [0.4, 0.5) is 0 Å². The zero-order chi connectivity index (χ0) is 18.4. The SMILES string of the molecule is CC(C)(C)c1nnc(SCC(=O)NCCOc2ccc(Cl)cc2)n1N. The van der Waals surface area contributed by atoms with Gasteiger partial charge in [-0.05, 0) is 24.3 Å². The number of ether oxygens (including phenoxy) is 1. The lowest BCUT2D eigenvalue weighted by atomic mass is 9.96. The number of nitrogen functional groups attached to an aromatic ring is 1. The van der Waals surface area contributed by atoms with Crippen molar-refractivity contribution >= 4 is 29.3 Å². The largest absolute Gasteiger partial charge is 0.492 e. The summed E-state index contributed by atoms with van der Waals surface area (Å²) in [5.74, 6) is 7.45. The van der Waals surface area contributed by atoms with E-state index in [4.69, 9.17) is 22.2 Å². The van der Waals surface area contributed by atoms with Crippen molar-refractivity contribution in [3.63, 3.8) is 0 Å². The van der Waals surface area contributed by atoms with Crippen molar-refractivity contribution in [2.45, 2.75) is 31.3 Å². The number of benzene rings is 1. The first kappa shape index (κ1) is 19.4. The minimum Gasteiger partial charge on any atom is -0.492 e. The molecule has 0 aliphatic rings. The number of halogens is 1. The number of hydrogen-bond acceptors (Lipinski definition) is 6. The van der Waals surface area contributed by atoms with Crippen molar-refractivity contribution in [1.82, 2.24) is 20.2 Å². The van der Waals surface area contributed by atoms with Crippen LogP contribution in [0.2, 0.25) is 5.02 Å². The van der Waals surface area contributed by atoms with Gasteiger partial charge in [-0.2, -0.15) is 0 Å². The van der Waals surface area contributed by atoms with Crippen molar-refractivity contribution in [1.29, 1.82) is 0 Å². The molecule has 0 unspecified atom stereocenters. The van der Waals surface area contributed by atoms with Crippen LogP contribution in [0.1, 0.15) is 26.6 Å². The number of carbonyl (C=O) groups is 1. The minimum atomic E-state index is -0.207. The molecule has 0 aliphatic heterocycles. The van der Waals surface area contributed by atoms with Gasteiger partial charge in [0.1, 0.15) is 12.4 Å². The molecule has 0 saturated heterocycles. The second-order valence-electron chi connectivity index (χ2n) is 6.37. The summed E-state index contributed by atoms with van der Waals surface area (Å²) in [5.41, 5.74) is -0.207. The lowest BCUT2D eigenvalue weighted by molar-refractivity contribution is -0.118. The highest BCUT2D eigenvalue weighted by atomic mass is 35.5. The Balaban J connectivity index is 1.71. The Labute approximate surface area is 156 Å². The van der Waals surface area contributed by atoms with Crippen LogP contribution in [0.3, 0.4) is 0 Å². The molecule has 136 valence electrons. The van der Waals surface area contributed by atoms with E-state index in [0.717, 1.165) is 0 Å². The number of amides is 1. The lowest BCUT2D eigenvalue weighted by Crippen LogP contribution is -2.30. The summed E-state index contributed by atoms with van der Waals surface area (Å²) in [6, 6.07) is 7.06. The van der Waals surface area contributed by atoms with Crippen LogP contribution in [0, 0.1) is 0 Å². The van der Waals surface area contributed by atoms with E-state index >= 15 is 0 Å². The first-order valence-electron chi connectivity index (χ1n) is 7.76. The zero-order valence-electron chi connectivity index (χ0n) is 14.5. The van der Waals surface area contributed by atoms with Crippen molar-refractivity contribution in [3.8, 4) is 5.75 Å². The number of hydrogen-bond donors (Lipinski definition) is 2. The highest BCUT2D eigenvalue weighted by Crippen LogP contribution is 2.23.